The standard InChI is InChI=1S/C19H18BrN7O2S/c1-30(28,29)26-8-6-13(11-26)23-19-22-10-15-17(20)25-27(18(15)24-19)14-4-5-16-12(9-14)3-2-7-21-16/h2-5,7,9-10,13H,6,8,11H2,1H3,(H,22,23,24)/t13-/m1/s1. The van der Waals surface area contributed by atoms with Crippen LogP contribution in [-0.4, -0.2) is 62.8 Å². The van der Waals surface area contributed by atoms with Crippen LogP contribution in [-0.2, 0) is 10.0 Å². The highest BCUT2D eigenvalue weighted by atomic mass is 79.9. The molecule has 0 spiro atoms. The Morgan fingerprint density at radius 2 is 2.10 bits per heavy atom. The molecule has 0 amide bonds. The zero-order chi connectivity index (χ0) is 20.9. The second-order valence-corrected chi connectivity index (χ2v) is 10.00. The lowest BCUT2D eigenvalue weighted by atomic mass is 10.2. The smallest absolute Gasteiger partial charge is 0.224 e. The molecule has 0 saturated carbocycles. The molecule has 4 heterocycles. The van der Waals surface area contributed by atoms with E-state index in [1.54, 1.807) is 17.1 Å². The Morgan fingerprint density at radius 1 is 1.23 bits per heavy atom. The van der Waals surface area contributed by atoms with Gasteiger partial charge in [0.2, 0.25) is 16.0 Å². The molecule has 0 radical (unpaired) electrons. The minimum Gasteiger partial charge on any atom is -0.350 e. The molecule has 1 N–H and O–H groups in total. The second kappa shape index (κ2) is 7.25. The van der Waals surface area contributed by atoms with Gasteiger partial charge in [0.25, 0.3) is 0 Å². The summed E-state index contributed by atoms with van der Waals surface area (Å²) in [5, 5.41) is 9.63. The number of anilines is 1. The molecule has 1 aliphatic heterocycles. The summed E-state index contributed by atoms with van der Waals surface area (Å²) < 4.78 is 27.4. The lowest BCUT2D eigenvalue weighted by Crippen LogP contribution is -2.31. The van der Waals surface area contributed by atoms with E-state index in [9.17, 15) is 8.42 Å². The SMILES string of the molecule is CS(=O)(=O)N1CC[C@@H](Nc2ncc3c(Br)nn(-c4ccc5ncccc5c4)c3n2)C1. The highest BCUT2D eigenvalue weighted by molar-refractivity contribution is 9.10. The first-order chi connectivity index (χ1) is 14.4. The summed E-state index contributed by atoms with van der Waals surface area (Å²) in [7, 11) is -3.19. The molecule has 11 heteroatoms. The lowest BCUT2D eigenvalue weighted by Gasteiger charge is -2.14. The predicted octanol–water partition coefficient (Wildman–Crippen LogP) is 2.57. The van der Waals surface area contributed by atoms with Crippen LogP contribution in [0.25, 0.3) is 27.6 Å². The van der Waals surface area contributed by atoms with Crippen molar-refractivity contribution in [3.8, 4) is 5.69 Å². The fourth-order valence-corrected chi connectivity index (χ4v) is 4.97. The van der Waals surface area contributed by atoms with Crippen molar-refractivity contribution < 1.29 is 8.42 Å². The molecule has 154 valence electrons. The largest absolute Gasteiger partial charge is 0.350 e. The normalized spacial score (nSPS) is 17.7. The molecule has 1 aliphatic rings. The van der Waals surface area contributed by atoms with Gasteiger partial charge in [-0.2, -0.15) is 10.1 Å². The van der Waals surface area contributed by atoms with Crippen LogP contribution in [0.15, 0.2) is 47.3 Å². The Labute approximate surface area is 181 Å². The number of nitrogens with one attached hydrogen (secondary N) is 1. The van der Waals surface area contributed by atoms with Crippen molar-refractivity contribution in [1.29, 1.82) is 0 Å². The summed E-state index contributed by atoms with van der Waals surface area (Å²) in [6.45, 7) is 0.897. The van der Waals surface area contributed by atoms with E-state index in [0.717, 1.165) is 22.0 Å². The molecule has 0 bridgehead atoms. The summed E-state index contributed by atoms with van der Waals surface area (Å²) in [5.74, 6) is 0.443. The van der Waals surface area contributed by atoms with Crippen LogP contribution >= 0.6 is 15.9 Å². The summed E-state index contributed by atoms with van der Waals surface area (Å²) in [6.07, 6.45) is 5.41. The molecule has 4 aromatic rings. The Hall–Kier alpha value is -2.63. The van der Waals surface area contributed by atoms with Crippen molar-refractivity contribution in [1.82, 2.24) is 29.0 Å². The van der Waals surface area contributed by atoms with E-state index >= 15 is 0 Å². The third-order valence-corrected chi connectivity index (χ3v) is 7.02. The van der Waals surface area contributed by atoms with Crippen molar-refractivity contribution in [2.24, 2.45) is 0 Å². The van der Waals surface area contributed by atoms with Crippen LogP contribution in [0.5, 0.6) is 0 Å². The van der Waals surface area contributed by atoms with E-state index < -0.39 is 10.0 Å². The molecule has 0 aliphatic carbocycles. The third kappa shape index (κ3) is 3.53. The van der Waals surface area contributed by atoms with Crippen molar-refractivity contribution in [3.05, 3.63) is 47.3 Å². The first-order valence-corrected chi connectivity index (χ1v) is 12.0. The van der Waals surface area contributed by atoms with Gasteiger partial charge in [0.05, 0.1) is 22.8 Å². The monoisotopic (exact) mass is 487 g/mol. The number of pyridine rings is 1. The number of rotatable bonds is 4. The number of hydrogen-bond donors (Lipinski definition) is 1. The van der Waals surface area contributed by atoms with Gasteiger partial charge in [-0.1, -0.05) is 6.07 Å². The molecular weight excluding hydrogens is 470 g/mol. The lowest BCUT2D eigenvalue weighted by molar-refractivity contribution is 0.480. The van der Waals surface area contributed by atoms with Gasteiger partial charge < -0.3 is 5.32 Å². The van der Waals surface area contributed by atoms with Gasteiger partial charge in [-0.25, -0.2) is 22.4 Å². The maximum Gasteiger partial charge on any atom is 0.224 e. The topological polar surface area (TPSA) is 106 Å². The number of nitrogens with zero attached hydrogens (tertiary/aromatic N) is 6. The number of sulfonamides is 1. The number of aromatic nitrogens is 5. The highest BCUT2D eigenvalue weighted by Crippen LogP contribution is 2.27. The van der Waals surface area contributed by atoms with E-state index in [2.05, 4.69) is 41.3 Å². The van der Waals surface area contributed by atoms with Crippen LogP contribution in [0.3, 0.4) is 0 Å². The quantitative estimate of drug-likeness (QED) is 0.471. The summed E-state index contributed by atoms with van der Waals surface area (Å²) in [5.41, 5.74) is 2.42. The second-order valence-electron chi connectivity index (χ2n) is 7.26. The molecule has 0 unspecified atom stereocenters. The Bertz CT molecular complexity index is 1370. The van der Waals surface area contributed by atoms with Gasteiger partial charge in [-0.05, 0) is 46.6 Å². The maximum absolute atomic E-state index is 11.7. The molecule has 1 aromatic carbocycles. The maximum atomic E-state index is 11.7. The van der Waals surface area contributed by atoms with E-state index in [4.69, 9.17) is 0 Å². The highest BCUT2D eigenvalue weighted by Gasteiger charge is 2.29. The molecule has 1 fully saturated rings. The average molecular weight is 488 g/mol. The van der Waals surface area contributed by atoms with Crippen molar-refractivity contribution in [2.45, 2.75) is 12.5 Å². The molecular formula is C19H18BrN7O2S. The number of benzene rings is 1. The van der Waals surface area contributed by atoms with Crippen LogP contribution in [0.1, 0.15) is 6.42 Å². The molecule has 30 heavy (non-hydrogen) atoms. The summed E-state index contributed by atoms with van der Waals surface area (Å²) in [6, 6.07) is 9.77. The summed E-state index contributed by atoms with van der Waals surface area (Å²) in [4.78, 5) is 13.4. The van der Waals surface area contributed by atoms with Crippen molar-refractivity contribution >= 4 is 53.8 Å². The van der Waals surface area contributed by atoms with Gasteiger partial charge in [0.15, 0.2) is 5.65 Å². The Balaban J connectivity index is 1.49. The van der Waals surface area contributed by atoms with Gasteiger partial charge >= 0.3 is 0 Å². The molecule has 1 saturated heterocycles. The van der Waals surface area contributed by atoms with Crippen LogP contribution < -0.4 is 5.32 Å². The Morgan fingerprint density at radius 3 is 2.90 bits per heavy atom. The average Bonchev–Trinajstić information content (AvgIpc) is 3.32. The van der Waals surface area contributed by atoms with Crippen molar-refractivity contribution in [3.63, 3.8) is 0 Å². The molecule has 1 atom stereocenters. The fraction of sp³-hybridized carbons (Fsp3) is 0.263. The van der Waals surface area contributed by atoms with Crippen LogP contribution in [0.4, 0.5) is 5.95 Å². The first-order valence-electron chi connectivity index (χ1n) is 9.36. The van der Waals surface area contributed by atoms with Crippen LogP contribution in [0.2, 0.25) is 0 Å². The minimum atomic E-state index is -3.19. The van der Waals surface area contributed by atoms with E-state index in [0.29, 0.717) is 35.7 Å². The number of hydrogen-bond acceptors (Lipinski definition) is 7. The Kier molecular flexibility index (Phi) is 4.68. The number of fused-ring (bicyclic) bond motifs is 2. The summed E-state index contributed by atoms with van der Waals surface area (Å²) >= 11 is 3.49. The van der Waals surface area contributed by atoms with Crippen molar-refractivity contribution in [2.75, 3.05) is 24.7 Å². The number of halogens is 1. The molecule has 3 aromatic heterocycles. The molecule has 9 nitrogen and oxygen atoms in total. The predicted molar refractivity (Wildman–Crippen MR) is 118 cm³/mol. The zero-order valence-corrected chi connectivity index (χ0v) is 18.4. The van der Waals surface area contributed by atoms with Crippen LogP contribution in [0, 0.1) is 0 Å². The van der Waals surface area contributed by atoms with Gasteiger partial charge in [-0.15, -0.1) is 0 Å². The van der Waals surface area contributed by atoms with E-state index in [1.165, 1.54) is 10.6 Å². The third-order valence-electron chi connectivity index (χ3n) is 5.16. The van der Waals surface area contributed by atoms with E-state index in [-0.39, 0.29) is 6.04 Å². The zero-order valence-electron chi connectivity index (χ0n) is 16.0. The fourth-order valence-electron chi connectivity index (χ4n) is 3.64. The van der Waals surface area contributed by atoms with Gasteiger partial charge in [0, 0.05) is 36.9 Å². The van der Waals surface area contributed by atoms with Gasteiger partial charge in [0.1, 0.15) is 4.60 Å². The first kappa shape index (κ1) is 19.3. The van der Waals surface area contributed by atoms with Gasteiger partial charge in [-0.3, -0.25) is 4.98 Å². The van der Waals surface area contributed by atoms with E-state index in [1.807, 2.05) is 30.3 Å². The molecule has 5 rings (SSSR count). The minimum absolute atomic E-state index is 0.0382.